The van der Waals surface area contributed by atoms with Crippen LogP contribution in [0.25, 0.3) is 0 Å². The lowest BCUT2D eigenvalue weighted by atomic mass is 10.1. The van der Waals surface area contributed by atoms with E-state index in [1.54, 1.807) is 12.1 Å². The van der Waals surface area contributed by atoms with E-state index < -0.39 is 0 Å². The zero-order valence-electron chi connectivity index (χ0n) is 15.6. The quantitative estimate of drug-likeness (QED) is 0.654. The Morgan fingerprint density at radius 3 is 2.59 bits per heavy atom. The molecule has 1 aliphatic rings. The molecule has 1 fully saturated rings. The van der Waals surface area contributed by atoms with E-state index in [1.807, 2.05) is 6.07 Å². The van der Waals surface area contributed by atoms with E-state index in [9.17, 15) is 4.79 Å². The highest BCUT2D eigenvalue weighted by Crippen LogP contribution is 2.05. The van der Waals surface area contributed by atoms with Gasteiger partial charge in [-0.1, -0.05) is 30.3 Å². The third-order valence-corrected chi connectivity index (χ3v) is 4.51. The van der Waals surface area contributed by atoms with Gasteiger partial charge in [0.1, 0.15) is 5.82 Å². The Kier molecular flexibility index (Phi) is 7.56. The van der Waals surface area contributed by atoms with Gasteiger partial charge in [0.15, 0.2) is 5.69 Å². The number of carbonyl (C=O) groups is 1. The molecule has 1 aliphatic heterocycles. The number of rotatable bonds is 9. The second-order valence-electron chi connectivity index (χ2n) is 6.53. The van der Waals surface area contributed by atoms with Crippen LogP contribution in [0.4, 0.5) is 5.82 Å². The van der Waals surface area contributed by atoms with Crippen molar-refractivity contribution in [2.24, 2.45) is 0 Å². The molecular weight excluding hydrogens is 342 g/mol. The third kappa shape index (κ3) is 6.62. The molecule has 2 aromatic rings. The van der Waals surface area contributed by atoms with Gasteiger partial charge in [0.25, 0.3) is 5.91 Å². The van der Waals surface area contributed by atoms with Crippen molar-refractivity contribution in [1.29, 1.82) is 0 Å². The minimum Gasteiger partial charge on any atom is -0.379 e. The average Bonchev–Trinajstić information content (AvgIpc) is 2.73. The van der Waals surface area contributed by atoms with E-state index in [1.165, 1.54) is 5.56 Å². The maximum atomic E-state index is 12.1. The summed E-state index contributed by atoms with van der Waals surface area (Å²) in [4.78, 5) is 14.4. The average molecular weight is 369 g/mol. The highest BCUT2D eigenvalue weighted by Gasteiger charge is 2.11. The Hall–Kier alpha value is -2.51. The van der Waals surface area contributed by atoms with E-state index >= 15 is 0 Å². The van der Waals surface area contributed by atoms with Crippen molar-refractivity contribution < 1.29 is 9.53 Å². The zero-order chi connectivity index (χ0) is 18.7. The maximum Gasteiger partial charge on any atom is 0.271 e. The number of aryl methyl sites for hydroxylation is 1. The molecule has 3 rings (SSSR count). The fraction of sp³-hybridized carbons (Fsp3) is 0.450. The second kappa shape index (κ2) is 10.6. The summed E-state index contributed by atoms with van der Waals surface area (Å²) in [5.41, 5.74) is 1.67. The number of hydrogen-bond donors (Lipinski definition) is 2. The Bertz CT molecular complexity index is 687. The van der Waals surface area contributed by atoms with Gasteiger partial charge in [-0.15, -0.1) is 10.2 Å². The first-order valence-electron chi connectivity index (χ1n) is 9.51. The van der Waals surface area contributed by atoms with E-state index in [2.05, 4.69) is 50.0 Å². The molecular formula is C20H27N5O2. The first-order valence-corrected chi connectivity index (χ1v) is 9.51. The second-order valence-corrected chi connectivity index (χ2v) is 6.53. The summed E-state index contributed by atoms with van der Waals surface area (Å²) < 4.78 is 5.31. The zero-order valence-corrected chi connectivity index (χ0v) is 15.6. The first kappa shape index (κ1) is 19.3. The van der Waals surface area contributed by atoms with E-state index in [4.69, 9.17) is 4.74 Å². The molecule has 0 saturated carbocycles. The molecule has 2 N–H and O–H groups in total. The van der Waals surface area contributed by atoms with Gasteiger partial charge in [-0.2, -0.15) is 0 Å². The van der Waals surface area contributed by atoms with Crippen molar-refractivity contribution in [3.8, 4) is 0 Å². The van der Waals surface area contributed by atoms with Crippen LogP contribution in [0.15, 0.2) is 42.5 Å². The predicted molar refractivity (Wildman–Crippen MR) is 105 cm³/mol. The molecule has 2 heterocycles. The molecule has 0 atom stereocenters. The summed E-state index contributed by atoms with van der Waals surface area (Å²) in [5, 5.41) is 14.3. The van der Waals surface area contributed by atoms with Crippen LogP contribution in [0.3, 0.4) is 0 Å². The molecule has 0 radical (unpaired) electrons. The van der Waals surface area contributed by atoms with Crippen LogP contribution in [-0.2, 0) is 11.2 Å². The number of anilines is 1. The molecule has 0 unspecified atom stereocenters. The predicted octanol–water partition coefficient (Wildman–Crippen LogP) is 1.58. The van der Waals surface area contributed by atoms with E-state index in [0.717, 1.165) is 52.2 Å². The summed E-state index contributed by atoms with van der Waals surface area (Å²) >= 11 is 0. The van der Waals surface area contributed by atoms with Crippen molar-refractivity contribution in [3.63, 3.8) is 0 Å². The van der Waals surface area contributed by atoms with Crippen LogP contribution < -0.4 is 10.6 Å². The topological polar surface area (TPSA) is 79.4 Å². The maximum absolute atomic E-state index is 12.1. The molecule has 144 valence electrons. The molecule has 0 spiro atoms. The summed E-state index contributed by atoms with van der Waals surface area (Å²) in [5.74, 6) is 0.499. The summed E-state index contributed by atoms with van der Waals surface area (Å²) in [6.45, 7) is 5.59. The SMILES string of the molecule is O=C(NCCN1CCOCC1)c1ccc(NCCCc2ccccc2)nn1. The normalized spacial score (nSPS) is 14.7. The van der Waals surface area contributed by atoms with Crippen LogP contribution >= 0.6 is 0 Å². The molecule has 1 amide bonds. The minimum atomic E-state index is -0.189. The fourth-order valence-corrected chi connectivity index (χ4v) is 2.94. The number of hydrogen-bond acceptors (Lipinski definition) is 6. The van der Waals surface area contributed by atoms with Crippen molar-refractivity contribution in [3.05, 3.63) is 53.7 Å². The molecule has 7 heteroatoms. The van der Waals surface area contributed by atoms with Crippen LogP contribution in [0.1, 0.15) is 22.5 Å². The molecule has 1 saturated heterocycles. The number of benzene rings is 1. The fourth-order valence-electron chi connectivity index (χ4n) is 2.94. The summed E-state index contributed by atoms with van der Waals surface area (Å²) in [7, 11) is 0. The summed E-state index contributed by atoms with van der Waals surface area (Å²) in [6.07, 6.45) is 2.03. The monoisotopic (exact) mass is 369 g/mol. The first-order chi connectivity index (χ1) is 13.3. The third-order valence-electron chi connectivity index (χ3n) is 4.51. The van der Waals surface area contributed by atoms with Gasteiger partial charge in [0.05, 0.1) is 13.2 Å². The van der Waals surface area contributed by atoms with Crippen LogP contribution in [0, 0.1) is 0 Å². The molecule has 1 aromatic heterocycles. The lowest BCUT2D eigenvalue weighted by Crippen LogP contribution is -2.41. The van der Waals surface area contributed by atoms with Crippen molar-refractivity contribution in [2.45, 2.75) is 12.8 Å². The van der Waals surface area contributed by atoms with Gasteiger partial charge >= 0.3 is 0 Å². The Morgan fingerprint density at radius 2 is 1.85 bits per heavy atom. The number of morpholine rings is 1. The van der Waals surface area contributed by atoms with Gasteiger partial charge in [0.2, 0.25) is 0 Å². The number of nitrogens with one attached hydrogen (secondary N) is 2. The number of nitrogens with zero attached hydrogens (tertiary/aromatic N) is 3. The Labute approximate surface area is 160 Å². The molecule has 7 nitrogen and oxygen atoms in total. The molecule has 1 aromatic carbocycles. The minimum absolute atomic E-state index is 0.189. The lowest BCUT2D eigenvalue weighted by Gasteiger charge is -2.26. The lowest BCUT2D eigenvalue weighted by molar-refractivity contribution is 0.0383. The van der Waals surface area contributed by atoms with Gasteiger partial charge in [-0.05, 0) is 30.5 Å². The van der Waals surface area contributed by atoms with E-state index in [-0.39, 0.29) is 5.91 Å². The van der Waals surface area contributed by atoms with Gasteiger partial charge in [-0.3, -0.25) is 9.69 Å². The van der Waals surface area contributed by atoms with Gasteiger partial charge in [-0.25, -0.2) is 0 Å². The standard InChI is InChI=1S/C20H27N5O2/c26-20(22-11-12-25-13-15-27-16-14-25)18-8-9-19(24-23-18)21-10-4-7-17-5-2-1-3-6-17/h1-3,5-6,8-9H,4,7,10-16H2,(H,21,24)(H,22,26). The number of amides is 1. The van der Waals surface area contributed by atoms with Crippen LogP contribution in [0.5, 0.6) is 0 Å². The summed E-state index contributed by atoms with van der Waals surface area (Å²) in [6, 6.07) is 13.9. The Balaban J connectivity index is 1.34. The smallest absolute Gasteiger partial charge is 0.271 e. The van der Waals surface area contributed by atoms with Crippen LogP contribution in [0.2, 0.25) is 0 Å². The number of carbonyl (C=O) groups excluding carboxylic acids is 1. The molecule has 0 aliphatic carbocycles. The van der Waals surface area contributed by atoms with Gasteiger partial charge < -0.3 is 15.4 Å². The largest absolute Gasteiger partial charge is 0.379 e. The number of aromatic nitrogens is 2. The van der Waals surface area contributed by atoms with E-state index in [0.29, 0.717) is 18.1 Å². The van der Waals surface area contributed by atoms with Crippen molar-refractivity contribution in [1.82, 2.24) is 20.4 Å². The number of ether oxygens (including phenoxy) is 1. The molecule has 0 bridgehead atoms. The molecule has 27 heavy (non-hydrogen) atoms. The highest BCUT2D eigenvalue weighted by atomic mass is 16.5. The van der Waals surface area contributed by atoms with Crippen molar-refractivity contribution >= 4 is 11.7 Å². The van der Waals surface area contributed by atoms with Crippen molar-refractivity contribution in [2.75, 3.05) is 51.3 Å². The van der Waals surface area contributed by atoms with Gasteiger partial charge in [0, 0.05) is 32.7 Å². The Morgan fingerprint density at radius 1 is 1.04 bits per heavy atom. The highest BCUT2D eigenvalue weighted by molar-refractivity contribution is 5.92. The van der Waals surface area contributed by atoms with Crippen LogP contribution in [-0.4, -0.2) is 66.9 Å².